The van der Waals surface area contributed by atoms with Crippen molar-refractivity contribution in [2.24, 2.45) is 0 Å². The number of ether oxygens (including phenoxy) is 1. The molecule has 0 radical (unpaired) electrons. The van der Waals surface area contributed by atoms with E-state index in [0.717, 1.165) is 5.39 Å². The van der Waals surface area contributed by atoms with E-state index < -0.39 is 17.6 Å². The molecule has 1 aromatic heterocycles. The zero-order chi connectivity index (χ0) is 18.7. The largest absolute Gasteiger partial charge is 0.481 e. The molecule has 26 heavy (non-hydrogen) atoms. The lowest BCUT2D eigenvalue weighted by Crippen LogP contribution is -2.30. The maximum absolute atomic E-state index is 12.4. The first-order chi connectivity index (χ1) is 12.4. The van der Waals surface area contributed by atoms with Gasteiger partial charge in [0.25, 0.3) is 5.91 Å². The number of carbonyl (C=O) groups excluding carboxylic acids is 2. The predicted octanol–water partition coefficient (Wildman–Crippen LogP) is 3.40. The van der Waals surface area contributed by atoms with Crippen molar-refractivity contribution >= 4 is 28.3 Å². The Morgan fingerprint density at radius 1 is 1.08 bits per heavy atom. The van der Waals surface area contributed by atoms with Gasteiger partial charge >= 0.3 is 5.63 Å². The molecule has 1 amide bonds. The average molecular weight is 351 g/mol. The molecule has 0 aliphatic heterocycles. The smallest absolute Gasteiger partial charge is 0.336 e. The molecule has 1 N–H and O–H groups in total. The van der Waals surface area contributed by atoms with Crippen molar-refractivity contribution in [1.82, 2.24) is 0 Å². The van der Waals surface area contributed by atoms with Gasteiger partial charge in [0, 0.05) is 23.1 Å². The van der Waals surface area contributed by atoms with E-state index in [1.807, 2.05) is 0 Å². The predicted molar refractivity (Wildman–Crippen MR) is 97.7 cm³/mol. The minimum Gasteiger partial charge on any atom is -0.481 e. The van der Waals surface area contributed by atoms with Crippen LogP contribution in [0.2, 0.25) is 0 Å². The van der Waals surface area contributed by atoms with Crippen LogP contribution >= 0.6 is 0 Å². The molecule has 0 aliphatic carbocycles. The van der Waals surface area contributed by atoms with E-state index in [1.54, 1.807) is 55.5 Å². The van der Waals surface area contributed by atoms with Crippen molar-refractivity contribution in [2.75, 3.05) is 5.32 Å². The van der Waals surface area contributed by atoms with Gasteiger partial charge in [-0.25, -0.2) is 4.79 Å². The van der Waals surface area contributed by atoms with Crippen LogP contribution in [0.4, 0.5) is 5.69 Å². The quantitative estimate of drug-likeness (QED) is 0.562. The van der Waals surface area contributed by atoms with Crippen molar-refractivity contribution in [3.8, 4) is 5.75 Å². The number of nitrogens with one attached hydrogen (secondary N) is 1. The molecule has 3 aromatic rings. The topological polar surface area (TPSA) is 85.6 Å². The van der Waals surface area contributed by atoms with Gasteiger partial charge in [-0.15, -0.1) is 0 Å². The molecular formula is C20H17NO5. The standard InChI is InChI=1S/C20H17NO5/c1-12(22)16-5-3-4-6-17(16)21-20(24)13(2)25-15-9-7-14-8-10-19(23)26-18(14)11-15/h3-11,13H,1-2H3,(H,21,24)/t13-/m0/s1. The fourth-order valence-electron chi connectivity index (χ4n) is 2.51. The van der Waals surface area contributed by atoms with Gasteiger partial charge < -0.3 is 14.5 Å². The van der Waals surface area contributed by atoms with Crippen molar-refractivity contribution < 1.29 is 18.7 Å². The normalized spacial score (nSPS) is 11.8. The summed E-state index contributed by atoms with van der Waals surface area (Å²) in [5.41, 5.74) is 0.788. The fourth-order valence-corrected chi connectivity index (χ4v) is 2.51. The van der Waals surface area contributed by atoms with Gasteiger partial charge in [-0.3, -0.25) is 9.59 Å². The molecule has 0 fully saturated rings. The molecule has 0 saturated carbocycles. The van der Waals surface area contributed by atoms with E-state index >= 15 is 0 Å². The zero-order valence-corrected chi connectivity index (χ0v) is 14.3. The third-order valence-corrected chi connectivity index (χ3v) is 3.84. The molecule has 1 atom stereocenters. The molecule has 6 heteroatoms. The molecule has 0 aliphatic rings. The van der Waals surface area contributed by atoms with Gasteiger partial charge in [-0.2, -0.15) is 0 Å². The summed E-state index contributed by atoms with van der Waals surface area (Å²) in [5, 5.41) is 3.45. The summed E-state index contributed by atoms with van der Waals surface area (Å²) in [5.74, 6) is -0.137. The highest BCUT2D eigenvalue weighted by atomic mass is 16.5. The number of para-hydroxylation sites is 1. The molecule has 0 bridgehead atoms. The van der Waals surface area contributed by atoms with E-state index in [2.05, 4.69) is 5.32 Å². The Morgan fingerprint density at radius 2 is 1.81 bits per heavy atom. The van der Waals surface area contributed by atoms with Crippen LogP contribution < -0.4 is 15.7 Å². The lowest BCUT2D eigenvalue weighted by atomic mass is 10.1. The Morgan fingerprint density at radius 3 is 2.58 bits per heavy atom. The number of amides is 1. The number of benzene rings is 2. The monoisotopic (exact) mass is 351 g/mol. The second-order valence-electron chi connectivity index (χ2n) is 5.81. The van der Waals surface area contributed by atoms with Crippen LogP contribution in [0.15, 0.2) is 63.8 Å². The molecule has 1 heterocycles. The average Bonchev–Trinajstić information content (AvgIpc) is 2.61. The van der Waals surface area contributed by atoms with Crippen LogP contribution in [-0.4, -0.2) is 17.8 Å². The van der Waals surface area contributed by atoms with E-state index in [4.69, 9.17) is 9.15 Å². The summed E-state index contributed by atoms with van der Waals surface area (Å²) in [7, 11) is 0. The first-order valence-electron chi connectivity index (χ1n) is 8.05. The van der Waals surface area contributed by atoms with E-state index in [9.17, 15) is 14.4 Å². The van der Waals surface area contributed by atoms with Gasteiger partial charge in [-0.05, 0) is 44.2 Å². The van der Waals surface area contributed by atoms with Gasteiger partial charge in [0.2, 0.25) is 0 Å². The first kappa shape index (κ1) is 17.4. The van der Waals surface area contributed by atoms with E-state index in [0.29, 0.717) is 22.6 Å². The Labute approximate surface area is 149 Å². The number of rotatable bonds is 5. The molecule has 3 rings (SSSR count). The molecule has 0 spiro atoms. The molecule has 2 aromatic carbocycles. The molecular weight excluding hydrogens is 334 g/mol. The second kappa shape index (κ2) is 7.23. The zero-order valence-electron chi connectivity index (χ0n) is 14.3. The minimum absolute atomic E-state index is 0.140. The molecule has 132 valence electrons. The maximum atomic E-state index is 12.4. The van der Waals surface area contributed by atoms with Crippen LogP contribution in [0.5, 0.6) is 5.75 Å². The SMILES string of the molecule is CC(=O)c1ccccc1NC(=O)[C@H](C)Oc1ccc2ccc(=O)oc2c1. The third kappa shape index (κ3) is 3.80. The molecule has 0 saturated heterocycles. The van der Waals surface area contributed by atoms with E-state index in [1.165, 1.54) is 13.0 Å². The fraction of sp³-hybridized carbons (Fsp3) is 0.150. The highest BCUT2D eigenvalue weighted by Gasteiger charge is 2.17. The van der Waals surface area contributed by atoms with Crippen molar-refractivity contribution in [3.63, 3.8) is 0 Å². The van der Waals surface area contributed by atoms with Gasteiger partial charge in [0.1, 0.15) is 11.3 Å². The van der Waals surface area contributed by atoms with Crippen LogP contribution in [-0.2, 0) is 4.79 Å². The summed E-state index contributed by atoms with van der Waals surface area (Å²) in [6.45, 7) is 3.03. The number of anilines is 1. The first-order valence-corrected chi connectivity index (χ1v) is 8.05. The lowest BCUT2D eigenvalue weighted by Gasteiger charge is -2.16. The summed E-state index contributed by atoms with van der Waals surface area (Å²) >= 11 is 0. The van der Waals surface area contributed by atoms with Crippen LogP contribution in [0.25, 0.3) is 11.0 Å². The Kier molecular flexibility index (Phi) is 4.84. The number of Topliss-reactive ketones (excluding diaryl/α,β-unsaturated/α-hetero) is 1. The lowest BCUT2D eigenvalue weighted by molar-refractivity contribution is -0.122. The Hall–Kier alpha value is -3.41. The highest BCUT2D eigenvalue weighted by molar-refractivity contribution is 6.04. The summed E-state index contributed by atoms with van der Waals surface area (Å²) in [4.78, 5) is 35.3. The van der Waals surface area contributed by atoms with Crippen LogP contribution in [0, 0.1) is 0 Å². The van der Waals surface area contributed by atoms with Crippen molar-refractivity contribution in [3.05, 3.63) is 70.6 Å². The Bertz CT molecular complexity index is 1040. The second-order valence-corrected chi connectivity index (χ2v) is 5.81. The Balaban J connectivity index is 1.75. The number of hydrogen-bond acceptors (Lipinski definition) is 5. The highest BCUT2D eigenvalue weighted by Crippen LogP contribution is 2.21. The van der Waals surface area contributed by atoms with Gasteiger partial charge in [0.15, 0.2) is 11.9 Å². The third-order valence-electron chi connectivity index (χ3n) is 3.84. The maximum Gasteiger partial charge on any atom is 0.336 e. The summed E-state index contributed by atoms with van der Waals surface area (Å²) < 4.78 is 10.7. The summed E-state index contributed by atoms with van der Waals surface area (Å²) in [6, 6.07) is 14.8. The number of hydrogen-bond donors (Lipinski definition) is 1. The number of fused-ring (bicyclic) bond motifs is 1. The van der Waals surface area contributed by atoms with Crippen molar-refractivity contribution in [2.45, 2.75) is 20.0 Å². The van der Waals surface area contributed by atoms with Crippen molar-refractivity contribution in [1.29, 1.82) is 0 Å². The number of ketones is 1. The number of carbonyl (C=O) groups is 2. The van der Waals surface area contributed by atoms with Crippen LogP contribution in [0.1, 0.15) is 24.2 Å². The van der Waals surface area contributed by atoms with Gasteiger partial charge in [0.05, 0.1) is 5.69 Å². The summed E-state index contributed by atoms with van der Waals surface area (Å²) in [6.07, 6.45) is -0.817. The molecule has 0 unspecified atom stereocenters. The van der Waals surface area contributed by atoms with Gasteiger partial charge in [-0.1, -0.05) is 12.1 Å². The molecule has 6 nitrogen and oxygen atoms in total. The van der Waals surface area contributed by atoms with E-state index in [-0.39, 0.29) is 5.78 Å². The van der Waals surface area contributed by atoms with Crippen LogP contribution in [0.3, 0.4) is 0 Å². The minimum atomic E-state index is -0.817.